The van der Waals surface area contributed by atoms with Crippen LogP contribution in [0.2, 0.25) is 0 Å². The van der Waals surface area contributed by atoms with Crippen LogP contribution in [0.4, 0.5) is 5.69 Å². The first-order chi connectivity index (χ1) is 11.2. The quantitative estimate of drug-likeness (QED) is 0.676. The summed E-state index contributed by atoms with van der Waals surface area (Å²) in [6, 6.07) is 25.0. The highest BCUT2D eigenvalue weighted by molar-refractivity contribution is 6.40. The topological polar surface area (TPSA) is 29.1 Å². The summed E-state index contributed by atoms with van der Waals surface area (Å²) in [5.74, 6) is -0.234. The lowest BCUT2D eigenvalue weighted by Crippen LogP contribution is -2.34. The van der Waals surface area contributed by atoms with Crippen molar-refractivity contribution in [2.45, 2.75) is 4.87 Å². The van der Waals surface area contributed by atoms with Gasteiger partial charge in [-0.05, 0) is 34.4 Å². The number of fused-ring (bicyclic) bond motifs is 3. The maximum absolute atomic E-state index is 13.0. The molecule has 0 unspecified atom stereocenters. The predicted molar refractivity (Wildman–Crippen MR) is 93.6 cm³/mol. The molecule has 0 atom stereocenters. The standard InChI is InChI=1S/C20H14ClNO/c21-20(19(23)22-14-8-2-1-3-9-14)17-12-6-4-10-15(17)16-11-5-7-13-18(16)20/h1-13H,(H,22,23). The van der Waals surface area contributed by atoms with E-state index >= 15 is 0 Å². The van der Waals surface area contributed by atoms with E-state index in [0.717, 1.165) is 27.9 Å². The van der Waals surface area contributed by atoms with Gasteiger partial charge in [0.1, 0.15) is 0 Å². The summed E-state index contributed by atoms with van der Waals surface area (Å²) in [5, 5.41) is 2.94. The van der Waals surface area contributed by atoms with Crippen LogP contribution in [-0.4, -0.2) is 5.91 Å². The zero-order valence-electron chi connectivity index (χ0n) is 12.3. The Morgan fingerprint density at radius 1 is 0.739 bits per heavy atom. The highest BCUT2D eigenvalue weighted by Crippen LogP contribution is 2.51. The molecule has 112 valence electrons. The molecular weight excluding hydrogens is 306 g/mol. The number of anilines is 1. The number of carbonyl (C=O) groups is 1. The van der Waals surface area contributed by atoms with Crippen molar-refractivity contribution in [2.75, 3.05) is 5.32 Å². The lowest BCUT2D eigenvalue weighted by atomic mass is 9.94. The van der Waals surface area contributed by atoms with Crippen LogP contribution >= 0.6 is 11.6 Å². The summed E-state index contributed by atoms with van der Waals surface area (Å²) in [7, 11) is 0. The van der Waals surface area contributed by atoms with Gasteiger partial charge in [-0.1, -0.05) is 78.3 Å². The van der Waals surface area contributed by atoms with Crippen molar-refractivity contribution in [3.63, 3.8) is 0 Å². The molecule has 3 aromatic rings. The van der Waals surface area contributed by atoms with E-state index in [0.29, 0.717) is 0 Å². The number of amides is 1. The van der Waals surface area contributed by atoms with Gasteiger partial charge in [0.05, 0.1) is 0 Å². The molecule has 3 aromatic carbocycles. The zero-order valence-corrected chi connectivity index (χ0v) is 13.0. The molecule has 2 nitrogen and oxygen atoms in total. The average Bonchev–Trinajstić information content (AvgIpc) is 2.87. The van der Waals surface area contributed by atoms with Gasteiger partial charge >= 0.3 is 0 Å². The number of halogens is 1. The van der Waals surface area contributed by atoms with Gasteiger partial charge in [0.2, 0.25) is 0 Å². The molecule has 0 heterocycles. The van der Waals surface area contributed by atoms with Crippen molar-refractivity contribution in [3.05, 3.63) is 90.0 Å². The molecule has 1 N–H and O–H groups in total. The van der Waals surface area contributed by atoms with Crippen molar-refractivity contribution in [1.82, 2.24) is 0 Å². The molecule has 0 fully saturated rings. The van der Waals surface area contributed by atoms with Crippen molar-refractivity contribution in [3.8, 4) is 11.1 Å². The van der Waals surface area contributed by atoms with Crippen LogP contribution in [0.15, 0.2) is 78.9 Å². The molecule has 0 aromatic heterocycles. The van der Waals surface area contributed by atoms with Crippen molar-refractivity contribution in [2.24, 2.45) is 0 Å². The Balaban J connectivity index is 1.85. The number of alkyl halides is 1. The maximum Gasteiger partial charge on any atom is 0.254 e. The summed E-state index contributed by atoms with van der Waals surface area (Å²) < 4.78 is 0. The summed E-state index contributed by atoms with van der Waals surface area (Å²) in [4.78, 5) is 11.8. The first-order valence-electron chi connectivity index (χ1n) is 7.46. The molecule has 0 bridgehead atoms. The van der Waals surface area contributed by atoms with Gasteiger partial charge in [-0.2, -0.15) is 0 Å². The number of nitrogens with one attached hydrogen (secondary N) is 1. The van der Waals surface area contributed by atoms with Gasteiger partial charge in [0, 0.05) is 5.69 Å². The highest BCUT2D eigenvalue weighted by Gasteiger charge is 2.47. The van der Waals surface area contributed by atoms with Crippen LogP contribution in [0, 0.1) is 0 Å². The van der Waals surface area contributed by atoms with E-state index in [-0.39, 0.29) is 5.91 Å². The number of carbonyl (C=O) groups excluding carboxylic acids is 1. The molecule has 0 saturated carbocycles. The van der Waals surface area contributed by atoms with Gasteiger partial charge in [0.15, 0.2) is 4.87 Å². The number of hydrogen-bond acceptors (Lipinski definition) is 1. The summed E-state index contributed by atoms with van der Waals surface area (Å²) in [6.45, 7) is 0. The fourth-order valence-electron chi connectivity index (χ4n) is 3.17. The first kappa shape index (κ1) is 14.0. The second-order valence-electron chi connectivity index (χ2n) is 5.57. The molecule has 1 amide bonds. The van der Waals surface area contributed by atoms with Gasteiger partial charge in [0.25, 0.3) is 5.91 Å². The molecule has 0 spiro atoms. The fourth-order valence-corrected chi connectivity index (χ4v) is 3.54. The predicted octanol–water partition coefficient (Wildman–Crippen LogP) is 4.79. The van der Waals surface area contributed by atoms with Gasteiger partial charge in [-0.15, -0.1) is 0 Å². The lowest BCUT2D eigenvalue weighted by Gasteiger charge is -2.23. The third-order valence-corrected chi connectivity index (χ3v) is 4.81. The number of benzene rings is 3. The molecule has 23 heavy (non-hydrogen) atoms. The second-order valence-corrected chi connectivity index (χ2v) is 6.14. The van der Waals surface area contributed by atoms with Gasteiger partial charge in [-0.3, -0.25) is 4.79 Å². The smallest absolute Gasteiger partial charge is 0.254 e. The molecule has 1 aliphatic rings. The molecule has 3 heteroatoms. The Bertz CT molecular complexity index is 843. The van der Waals surface area contributed by atoms with Gasteiger partial charge in [-0.25, -0.2) is 0 Å². The van der Waals surface area contributed by atoms with Crippen LogP contribution in [0.3, 0.4) is 0 Å². The highest BCUT2D eigenvalue weighted by atomic mass is 35.5. The van der Waals surface area contributed by atoms with Crippen molar-refractivity contribution in [1.29, 1.82) is 0 Å². The normalized spacial score (nSPS) is 14.0. The molecule has 0 radical (unpaired) electrons. The number of rotatable bonds is 2. The van der Waals surface area contributed by atoms with E-state index in [9.17, 15) is 4.79 Å². The molecule has 0 saturated heterocycles. The lowest BCUT2D eigenvalue weighted by molar-refractivity contribution is -0.117. The summed E-state index contributed by atoms with van der Waals surface area (Å²) in [6.07, 6.45) is 0. The second kappa shape index (κ2) is 5.25. The van der Waals surface area contributed by atoms with Crippen LogP contribution in [0.25, 0.3) is 11.1 Å². The van der Waals surface area contributed by atoms with Crippen LogP contribution in [-0.2, 0) is 9.67 Å². The monoisotopic (exact) mass is 319 g/mol. The minimum atomic E-state index is -1.21. The van der Waals surface area contributed by atoms with E-state index in [1.54, 1.807) is 0 Å². The molecule has 1 aliphatic carbocycles. The van der Waals surface area contributed by atoms with E-state index in [4.69, 9.17) is 11.6 Å². The Morgan fingerprint density at radius 2 is 1.22 bits per heavy atom. The van der Waals surface area contributed by atoms with Crippen LogP contribution < -0.4 is 5.32 Å². The molecular formula is C20H14ClNO. The Kier molecular flexibility index (Phi) is 3.21. The van der Waals surface area contributed by atoms with E-state index in [1.165, 1.54) is 0 Å². The maximum atomic E-state index is 13.0. The zero-order chi connectivity index (χ0) is 15.9. The molecule has 4 rings (SSSR count). The third kappa shape index (κ3) is 2.07. The SMILES string of the molecule is O=C(Nc1ccccc1)C1(Cl)c2ccccc2-c2ccccc21. The minimum absolute atomic E-state index is 0.234. The van der Waals surface area contributed by atoms with E-state index < -0.39 is 4.87 Å². The van der Waals surface area contributed by atoms with Crippen molar-refractivity contribution < 1.29 is 4.79 Å². The van der Waals surface area contributed by atoms with Crippen molar-refractivity contribution >= 4 is 23.2 Å². The van der Waals surface area contributed by atoms with E-state index in [2.05, 4.69) is 5.32 Å². The number of para-hydroxylation sites is 1. The number of hydrogen-bond donors (Lipinski definition) is 1. The summed E-state index contributed by atoms with van der Waals surface area (Å²) >= 11 is 6.92. The average molecular weight is 320 g/mol. The largest absolute Gasteiger partial charge is 0.324 e. The Hall–Kier alpha value is -2.58. The van der Waals surface area contributed by atoms with E-state index in [1.807, 2.05) is 78.9 Å². The van der Waals surface area contributed by atoms with Gasteiger partial charge < -0.3 is 5.32 Å². The minimum Gasteiger partial charge on any atom is -0.324 e. The summed E-state index contributed by atoms with van der Waals surface area (Å²) in [5.41, 5.74) is 4.43. The van der Waals surface area contributed by atoms with Crippen LogP contribution in [0.5, 0.6) is 0 Å². The molecule has 0 aliphatic heterocycles. The fraction of sp³-hybridized carbons (Fsp3) is 0.0500. The Morgan fingerprint density at radius 3 is 1.78 bits per heavy atom. The first-order valence-corrected chi connectivity index (χ1v) is 7.84. The third-order valence-electron chi connectivity index (χ3n) is 4.23. The van der Waals surface area contributed by atoms with Crippen LogP contribution in [0.1, 0.15) is 11.1 Å². The Labute approximate surface area is 139 Å².